The van der Waals surface area contributed by atoms with Gasteiger partial charge in [-0.2, -0.15) is 0 Å². The molecule has 0 saturated carbocycles. The van der Waals surface area contributed by atoms with E-state index in [9.17, 15) is 14.4 Å². The van der Waals surface area contributed by atoms with E-state index in [1.807, 2.05) is 32.0 Å². The van der Waals surface area contributed by atoms with Crippen LogP contribution in [0.2, 0.25) is 0 Å². The second kappa shape index (κ2) is 13.8. The van der Waals surface area contributed by atoms with Crippen LogP contribution in [0.25, 0.3) is 0 Å². The maximum atomic E-state index is 11.9. The summed E-state index contributed by atoms with van der Waals surface area (Å²) in [5.74, 6) is 0.763. The third-order valence-electron chi connectivity index (χ3n) is 4.56. The van der Waals surface area contributed by atoms with Crippen molar-refractivity contribution in [3.8, 4) is 17.2 Å². The van der Waals surface area contributed by atoms with Crippen LogP contribution < -0.4 is 19.5 Å². The Balaban J connectivity index is 1.69. The summed E-state index contributed by atoms with van der Waals surface area (Å²) >= 11 is 0. The lowest BCUT2D eigenvalue weighted by Crippen LogP contribution is -2.31. The number of hydrogen-bond acceptors (Lipinski definition) is 7. The lowest BCUT2D eigenvalue weighted by Gasteiger charge is -2.12. The minimum absolute atomic E-state index is 0.0317. The number of Topliss-reactive ketones (excluding diaryl/α,β-unsaturated/α-hetero) is 1. The van der Waals surface area contributed by atoms with E-state index < -0.39 is 11.9 Å². The lowest BCUT2D eigenvalue weighted by molar-refractivity contribution is -0.150. The van der Waals surface area contributed by atoms with Crippen molar-refractivity contribution < 1.29 is 33.3 Å². The minimum Gasteiger partial charge on any atom is -0.490 e. The number of ketones is 1. The van der Waals surface area contributed by atoms with E-state index in [2.05, 4.69) is 5.32 Å². The molecule has 178 valence electrons. The Morgan fingerprint density at radius 2 is 1.52 bits per heavy atom. The summed E-state index contributed by atoms with van der Waals surface area (Å²) in [6.07, 6.45) is 1.01. The van der Waals surface area contributed by atoms with E-state index in [1.54, 1.807) is 31.2 Å². The molecule has 8 heteroatoms. The zero-order valence-corrected chi connectivity index (χ0v) is 19.3. The van der Waals surface area contributed by atoms with Crippen molar-refractivity contribution in [2.45, 2.75) is 33.6 Å². The van der Waals surface area contributed by atoms with Crippen molar-refractivity contribution in [1.29, 1.82) is 0 Å². The van der Waals surface area contributed by atoms with Crippen LogP contribution in [0.3, 0.4) is 0 Å². The van der Waals surface area contributed by atoms with Gasteiger partial charge in [-0.05, 0) is 62.2 Å². The Hall–Kier alpha value is -3.55. The largest absolute Gasteiger partial charge is 0.490 e. The molecule has 0 radical (unpaired) electrons. The molecule has 0 aliphatic carbocycles. The van der Waals surface area contributed by atoms with Crippen LogP contribution in [0, 0.1) is 0 Å². The highest BCUT2D eigenvalue weighted by Gasteiger charge is 2.10. The van der Waals surface area contributed by atoms with E-state index in [4.69, 9.17) is 18.9 Å². The van der Waals surface area contributed by atoms with Crippen LogP contribution in [-0.2, 0) is 20.7 Å². The van der Waals surface area contributed by atoms with Gasteiger partial charge < -0.3 is 24.3 Å². The molecule has 0 aliphatic rings. The summed E-state index contributed by atoms with van der Waals surface area (Å²) in [7, 11) is 0. The smallest absolute Gasteiger partial charge is 0.344 e. The summed E-state index contributed by atoms with van der Waals surface area (Å²) in [4.78, 5) is 35.4. The number of carbonyl (C=O) groups excluding carboxylic acids is 3. The van der Waals surface area contributed by atoms with Crippen LogP contribution in [-0.4, -0.2) is 50.6 Å². The molecule has 0 heterocycles. The molecule has 0 spiro atoms. The first kappa shape index (κ1) is 25.7. The molecule has 0 atom stereocenters. The van der Waals surface area contributed by atoms with E-state index in [0.717, 1.165) is 5.56 Å². The van der Waals surface area contributed by atoms with Gasteiger partial charge in [-0.3, -0.25) is 9.59 Å². The minimum atomic E-state index is -0.660. The summed E-state index contributed by atoms with van der Waals surface area (Å²) in [6.45, 7) is 6.34. The van der Waals surface area contributed by atoms with Gasteiger partial charge in [0.05, 0.1) is 13.2 Å². The SMILES string of the molecule is CCOc1ccc(CCNC(=O)COC(=O)COc2ccc(C(=O)CC)cc2)cc1OCC. The Morgan fingerprint density at radius 1 is 0.818 bits per heavy atom. The Morgan fingerprint density at radius 3 is 2.18 bits per heavy atom. The number of esters is 1. The van der Waals surface area contributed by atoms with Crippen LogP contribution in [0.1, 0.15) is 43.1 Å². The number of amides is 1. The number of nitrogens with one attached hydrogen (secondary N) is 1. The number of carbonyl (C=O) groups is 3. The molecule has 0 aromatic heterocycles. The van der Waals surface area contributed by atoms with Crippen LogP contribution >= 0.6 is 0 Å². The molecule has 0 fully saturated rings. The predicted molar refractivity (Wildman–Crippen MR) is 123 cm³/mol. The molecular weight excluding hydrogens is 426 g/mol. The molecule has 1 N–H and O–H groups in total. The molecule has 2 rings (SSSR count). The molecular formula is C25H31NO7. The van der Waals surface area contributed by atoms with Gasteiger partial charge in [0.2, 0.25) is 0 Å². The highest BCUT2D eigenvalue weighted by Crippen LogP contribution is 2.28. The number of benzene rings is 2. The average molecular weight is 458 g/mol. The molecule has 1 amide bonds. The predicted octanol–water partition coefficient (Wildman–Crippen LogP) is 3.36. The van der Waals surface area contributed by atoms with Gasteiger partial charge in [0, 0.05) is 18.5 Å². The van der Waals surface area contributed by atoms with E-state index in [-0.39, 0.29) is 19.0 Å². The number of ether oxygens (including phenoxy) is 4. The lowest BCUT2D eigenvalue weighted by atomic mass is 10.1. The van der Waals surface area contributed by atoms with Crippen molar-refractivity contribution in [2.75, 3.05) is 33.0 Å². The standard InChI is InChI=1S/C25H31NO7/c1-4-21(27)19-8-10-20(11-9-19)32-17-25(29)33-16-24(28)26-14-13-18-7-12-22(30-5-2)23(15-18)31-6-3/h7-12,15H,4-6,13-14,16-17H2,1-3H3,(H,26,28). The number of hydrogen-bond donors (Lipinski definition) is 1. The number of rotatable bonds is 14. The Kier molecular flexibility index (Phi) is 10.7. The highest BCUT2D eigenvalue weighted by molar-refractivity contribution is 5.95. The first-order chi connectivity index (χ1) is 16.0. The molecule has 8 nitrogen and oxygen atoms in total. The van der Waals surface area contributed by atoms with Crippen molar-refractivity contribution in [3.05, 3.63) is 53.6 Å². The molecule has 33 heavy (non-hydrogen) atoms. The molecule has 0 bridgehead atoms. The van der Waals surface area contributed by atoms with Gasteiger partial charge >= 0.3 is 5.97 Å². The summed E-state index contributed by atoms with van der Waals surface area (Å²) in [6, 6.07) is 12.2. The maximum Gasteiger partial charge on any atom is 0.344 e. The fourth-order valence-electron chi connectivity index (χ4n) is 2.92. The second-order valence-electron chi connectivity index (χ2n) is 7.00. The molecule has 2 aromatic carbocycles. The topological polar surface area (TPSA) is 100 Å². The van der Waals surface area contributed by atoms with E-state index >= 15 is 0 Å². The third kappa shape index (κ3) is 8.84. The first-order valence-electron chi connectivity index (χ1n) is 11.0. The Labute approximate surface area is 194 Å². The Bertz CT molecular complexity index is 925. The van der Waals surface area contributed by atoms with E-state index in [0.29, 0.717) is 55.4 Å². The van der Waals surface area contributed by atoms with Gasteiger partial charge in [0.25, 0.3) is 5.91 Å². The fraction of sp³-hybridized carbons (Fsp3) is 0.400. The van der Waals surface area contributed by atoms with Gasteiger partial charge in [0.1, 0.15) is 5.75 Å². The third-order valence-corrected chi connectivity index (χ3v) is 4.56. The van der Waals surface area contributed by atoms with Crippen LogP contribution in [0.15, 0.2) is 42.5 Å². The van der Waals surface area contributed by atoms with E-state index in [1.165, 1.54) is 0 Å². The van der Waals surface area contributed by atoms with Crippen molar-refractivity contribution in [1.82, 2.24) is 5.32 Å². The molecule has 0 saturated heterocycles. The monoisotopic (exact) mass is 457 g/mol. The molecule has 2 aromatic rings. The first-order valence-corrected chi connectivity index (χ1v) is 11.0. The normalized spacial score (nSPS) is 10.3. The summed E-state index contributed by atoms with van der Waals surface area (Å²) in [5, 5.41) is 2.71. The summed E-state index contributed by atoms with van der Waals surface area (Å²) < 4.78 is 21.4. The van der Waals surface area contributed by atoms with Gasteiger partial charge in [-0.25, -0.2) is 4.79 Å². The zero-order chi connectivity index (χ0) is 24.1. The molecule has 0 unspecified atom stereocenters. The maximum absolute atomic E-state index is 11.9. The highest BCUT2D eigenvalue weighted by atomic mass is 16.6. The van der Waals surface area contributed by atoms with Crippen molar-refractivity contribution in [3.63, 3.8) is 0 Å². The average Bonchev–Trinajstić information content (AvgIpc) is 2.83. The zero-order valence-electron chi connectivity index (χ0n) is 19.3. The van der Waals surface area contributed by atoms with Gasteiger partial charge in [-0.1, -0.05) is 13.0 Å². The van der Waals surface area contributed by atoms with Crippen LogP contribution in [0.5, 0.6) is 17.2 Å². The van der Waals surface area contributed by atoms with Gasteiger partial charge in [-0.15, -0.1) is 0 Å². The van der Waals surface area contributed by atoms with Gasteiger partial charge in [0.15, 0.2) is 30.5 Å². The van der Waals surface area contributed by atoms with Crippen LogP contribution in [0.4, 0.5) is 0 Å². The second-order valence-corrected chi connectivity index (χ2v) is 7.00. The summed E-state index contributed by atoms with van der Waals surface area (Å²) in [5.41, 5.74) is 1.57. The fourth-order valence-corrected chi connectivity index (χ4v) is 2.92. The van der Waals surface area contributed by atoms with Crippen molar-refractivity contribution >= 4 is 17.7 Å². The quantitative estimate of drug-likeness (QED) is 0.343. The molecule has 0 aliphatic heterocycles. The van der Waals surface area contributed by atoms with Crippen molar-refractivity contribution in [2.24, 2.45) is 0 Å².